The number of hydrogen-bond donors (Lipinski definition) is 2. The Hall–Kier alpha value is -2.08. The SMILES string of the molecule is COc1ccc(CC(N)(C(=O)O)C(=O)OC(C)(C)C)cc1. The van der Waals surface area contributed by atoms with E-state index in [1.165, 1.54) is 7.11 Å². The second-order valence-corrected chi connectivity index (χ2v) is 5.80. The molecule has 1 aromatic carbocycles. The van der Waals surface area contributed by atoms with Crippen LogP contribution in [-0.4, -0.2) is 35.3 Å². The summed E-state index contributed by atoms with van der Waals surface area (Å²) in [4.78, 5) is 23.5. The zero-order chi connectivity index (χ0) is 16.3. The number of aliphatic carboxylic acids is 1. The smallest absolute Gasteiger partial charge is 0.338 e. The van der Waals surface area contributed by atoms with Crippen LogP contribution in [0.2, 0.25) is 0 Å². The van der Waals surface area contributed by atoms with Gasteiger partial charge in [0.25, 0.3) is 0 Å². The predicted molar refractivity (Wildman–Crippen MR) is 77.1 cm³/mol. The molecule has 1 aromatic rings. The summed E-state index contributed by atoms with van der Waals surface area (Å²) in [6.07, 6.45) is -0.165. The number of methoxy groups -OCH3 is 1. The molecule has 0 aliphatic heterocycles. The van der Waals surface area contributed by atoms with Gasteiger partial charge >= 0.3 is 11.9 Å². The lowest BCUT2D eigenvalue weighted by Crippen LogP contribution is -2.58. The van der Waals surface area contributed by atoms with Crippen LogP contribution in [0.1, 0.15) is 26.3 Å². The molecule has 21 heavy (non-hydrogen) atoms. The van der Waals surface area contributed by atoms with Crippen LogP contribution < -0.4 is 10.5 Å². The van der Waals surface area contributed by atoms with E-state index in [-0.39, 0.29) is 6.42 Å². The predicted octanol–water partition coefficient (Wildman–Crippen LogP) is 1.36. The van der Waals surface area contributed by atoms with Gasteiger partial charge in [-0.2, -0.15) is 0 Å². The van der Waals surface area contributed by atoms with E-state index in [4.69, 9.17) is 15.2 Å². The zero-order valence-electron chi connectivity index (χ0n) is 12.7. The first-order valence-electron chi connectivity index (χ1n) is 6.47. The van der Waals surface area contributed by atoms with E-state index < -0.39 is 23.1 Å². The van der Waals surface area contributed by atoms with Crippen LogP contribution in [0.15, 0.2) is 24.3 Å². The van der Waals surface area contributed by atoms with Crippen molar-refractivity contribution in [2.45, 2.75) is 38.3 Å². The molecular formula is C15H21NO5. The maximum atomic E-state index is 12.1. The van der Waals surface area contributed by atoms with Crippen molar-refractivity contribution in [1.29, 1.82) is 0 Å². The normalized spacial score (nSPS) is 14.1. The second kappa shape index (κ2) is 6.13. The molecule has 0 aliphatic rings. The molecule has 1 unspecified atom stereocenters. The third-order valence-corrected chi connectivity index (χ3v) is 2.79. The summed E-state index contributed by atoms with van der Waals surface area (Å²) in [5, 5.41) is 9.31. The molecule has 0 spiro atoms. The van der Waals surface area contributed by atoms with E-state index in [1.807, 2.05) is 0 Å². The minimum Gasteiger partial charge on any atom is -0.497 e. The highest BCUT2D eigenvalue weighted by Crippen LogP contribution is 2.20. The van der Waals surface area contributed by atoms with Crippen molar-refractivity contribution in [3.63, 3.8) is 0 Å². The fraction of sp³-hybridized carbons (Fsp3) is 0.467. The van der Waals surface area contributed by atoms with E-state index in [9.17, 15) is 14.7 Å². The highest BCUT2D eigenvalue weighted by molar-refractivity contribution is 6.04. The van der Waals surface area contributed by atoms with E-state index in [2.05, 4.69) is 0 Å². The molecule has 0 fully saturated rings. The molecule has 1 rings (SSSR count). The summed E-state index contributed by atoms with van der Waals surface area (Å²) in [5.74, 6) is -1.75. The number of ether oxygens (including phenoxy) is 2. The van der Waals surface area contributed by atoms with Crippen LogP contribution in [-0.2, 0) is 20.7 Å². The van der Waals surface area contributed by atoms with Gasteiger partial charge in [-0.15, -0.1) is 0 Å². The van der Waals surface area contributed by atoms with Gasteiger partial charge in [0.05, 0.1) is 7.11 Å². The Balaban J connectivity index is 2.99. The molecule has 1 atom stereocenters. The maximum absolute atomic E-state index is 12.1. The number of esters is 1. The topological polar surface area (TPSA) is 98.9 Å². The summed E-state index contributed by atoms with van der Waals surface area (Å²) < 4.78 is 10.1. The molecule has 0 amide bonds. The van der Waals surface area contributed by atoms with Crippen molar-refractivity contribution in [2.24, 2.45) is 5.73 Å². The number of hydrogen-bond acceptors (Lipinski definition) is 5. The molecule has 3 N–H and O–H groups in total. The van der Waals surface area contributed by atoms with Gasteiger partial charge in [-0.25, -0.2) is 9.59 Å². The number of rotatable bonds is 5. The Labute approximate surface area is 123 Å². The molecule has 0 saturated heterocycles. The van der Waals surface area contributed by atoms with E-state index in [1.54, 1.807) is 45.0 Å². The average Bonchev–Trinajstić information content (AvgIpc) is 2.37. The highest BCUT2D eigenvalue weighted by atomic mass is 16.6. The standard InChI is InChI=1S/C15H21NO5/c1-14(2,3)21-13(19)15(16,12(17)18)9-10-5-7-11(20-4)8-6-10/h5-8H,9,16H2,1-4H3,(H,17,18). The van der Waals surface area contributed by atoms with Crippen molar-refractivity contribution in [1.82, 2.24) is 0 Å². The van der Waals surface area contributed by atoms with Gasteiger partial charge in [0.15, 0.2) is 0 Å². The van der Waals surface area contributed by atoms with Crippen LogP contribution in [0.4, 0.5) is 0 Å². The number of carboxylic acid groups (broad SMARTS) is 1. The van der Waals surface area contributed by atoms with E-state index in [0.717, 1.165) is 0 Å². The van der Waals surface area contributed by atoms with Crippen molar-refractivity contribution in [3.05, 3.63) is 29.8 Å². The minimum atomic E-state index is -2.12. The summed E-state index contributed by atoms with van der Waals surface area (Å²) in [6.45, 7) is 4.96. The summed E-state index contributed by atoms with van der Waals surface area (Å²) in [6, 6.07) is 6.67. The lowest BCUT2D eigenvalue weighted by molar-refractivity contribution is -0.169. The molecule has 0 aromatic heterocycles. The van der Waals surface area contributed by atoms with Gasteiger partial charge in [0.2, 0.25) is 5.54 Å². The molecular weight excluding hydrogens is 274 g/mol. The third kappa shape index (κ3) is 4.46. The fourth-order valence-corrected chi connectivity index (χ4v) is 1.67. The summed E-state index contributed by atoms with van der Waals surface area (Å²) >= 11 is 0. The second-order valence-electron chi connectivity index (χ2n) is 5.80. The Bertz CT molecular complexity index is 518. The average molecular weight is 295 g/mol. The van der Waals surface area contributed by atoms with Crippen molar-refractivity contribution < 1.29 is 24.2 Å². The zero-order valence-corrected chi connectivity index (χ0v) is 12.7. The number of nitrogens with two attached hydrogens (primary N) is 1. The number of benzene rings is 1. The van der Waals surface area contributed by atoms with Gasteiger partial charge in [0.1, 0.15) is 11.4 Å². The minimum absolute atomic E-state index is 0.165. The lowest BCUT2D eigenvalue weighted by atomic mass is 9.91. The Morgan fingerprint density at radius 1 is 1.19 bits per heavy atom. The van der Waals surface area contributed by atoms with Crippen LogP contribution in [0.3, 0.4) is 0 Å². The highest BCUT2D eigenvalue weighted by Gasteiger charge is 2.45. The fourth-order valence-electron chi connectivity index (χ4n) is 1.67. The molecule has 0 bridgehead atoms. The molecule has 116 valence electrons. The van der Waals surface area contributed by atoms with Crippen LogP contribution in [0.5, 0.6) is 5.75 Å². The van der Waals surface area contributed by atoms with E-state index >= 15 is 0 Å². The first-order valence-corrected chi connectivity index (χ1v) is 6.47. The quantitative estimate of drug-likeness (QED) is 0.628. The molecule has 6 heteroatoms. The molecule has 6 nitrogen and oxygen atoms in total. The maximum Gasteiger partial charge on any atom is 0.338 e. The number of carbonyl (C=O) groups is 2. The van der Waals surface area contributed by atoms with Gasteiger partial charge < -0.3 is 20.3 Å². The summed E-state index contributed by atoms with van der Waals surface area (Å²) in [5.41, 5.74) is 3.46. The largest absolute Gasteiger partial charge is 0.497 e. The van der Waals surface area contributed by atoms with Gasteiger partial charge in [-0.1, -0.05) is 12.1 Å². The molecule has 0 saturated carbocycles. The molecule has 0 heterocycles. The number of carbonyl (C=O) groups excluding carboxylic acids is 1. The Kier molecular flexibility index (Phi) is 4.96. The molecule has 0 radical (unpaired) electrons. The van der Waals surface area contributed by atoms with Crippen LogP contribution in [0.25, 0.3) is 0 Å². The van der Waals surface area contributed by atoms with E-state index in [0.29, 0.717) is 11.3 Å². The first-order chi connectivity index (χ1) is 9.58. The number of carboxylic acids is 1. The van der Waals surface area contributed by atoms with Crippen LogP contribution in [0, 0.1) is 0 Å². The van der Waals surface area contributed by atoms with Gasteiger partial charge in [-0.05, 0) is 38.5 Å². The van der Waals surface area contributed by atoms with Crippen molar-refractivity contribution in [2.75, 3.05) is 7.11 Å². The molecule has 0 aliphatic carbocycles. The first kappa shape index (κ1) is 17.0. The van der Waals surface area contributed by atoms with Crippen molar-refractivity contribution in [3.8, 4) is 5.75 Å². The monoisotopic (exact) mass is 295 g/mol. The third-order valence-electron chi connectivity index (χ3n) is 2.79. The van der Waals surface area contributed by atoms with Gasteiger partial charge in [-0.3, -0.25) is 0 Å². The summed E-state index contributed by atoms with van der Waals surface area (Å²) in [7, 11) is 1.53. The van der Waals surface area contributed by atoms with Gasteiger partial charge in [0, 0.05) is 6.42 Å². The van der Waals surface area contributed by atoms with Crippen molar-refractivity contribution >= 4 is 11.9 Å². The lowest BCUT2D eigenvalue weighted by Gasteiger charge is -2.28. The Morgan fingerprint density at radius 3 is 2.10 bits per heavy atom. The Morgan fingerprint density at radius 2 is 1.71 bits per heavy atom. The van der Waals surface area contributed by atoms with Crippen LogP contribution >= 0.6 is 0 Å².